The molecule has 2 N–H and O–H groups in total. The Kier molecular flexibility index (Phi) is 6.43. The number of pyridine rings is 1. The van der Waals surface area contributed by atoms with Gasteiger partial charge in [0.1, 0.15) is 11.2 Å². The normalized spacial score (nSPS) is 11.5. The summed E-state index contributed by atoms with van der Waals surface area (Å²) in [5.41, 5.74) is 3.53. The van der Waals surface area contributed by atoms with Crippen LogP contribution in [0.15, 0.2) is 47.9 Å². The fraction of sp³-hybridized carbons (Fsp3) is 0.292. The SMILES string of the molecule is CNc1nc(Nc2ccc(SC(C)(C)C)cc2)c(C(=O)OC)nc1-c1cncc2c1ncn2C. The summed E-state index contributed by atoms with van der Waals surface area (Å²) in [4.78, 5) is 31.9. The summed E-state index contributed by atoms with van der Waals surface area (Å²) in [5.74, 6) is 0.173. The van der Waals surface area contributed by atoms with Crippen molar-refractivity contribution in [1.82, 2.24) is 24.5 Å². The molecule has 0 saturated heterocycles. The molecule has 1 aromatic carbocycles. The average Bonchev–Trinajstić information content (AvgIpc) is 3.19. The zero-order valence-corrected chi connectivity index (χ0v) is 20.8. The van der Waals surface area contributed by atoms with E-state index in [0.717, 1.165) is 16.1 Å². The quantitative estimate of drug-likeness (QED) is 0.296. The van der Waals surface area contributed by atoms with Gasteiger partial charge >= 0.3 is 5.97 Å². The van der Waals surface area contributed by atoms with Crippen molar-refractivity contribution in [3.8, 4) is 11.3 Å². The number of nitrogens with zero attached hydrogens (tertiary/aromatic N) is 5. The summed E-state index contributed by atoms with van der Waals surface area (Å²) in [6.45, 7) is 6.51. The summed E-state index contributed by atoms with van der Waals surface area (Å²) < 4.78 is 6.99. The summed E-state index contributed by atoms with van der Waals surface area (Å²) in [7, 11) is 4.96. The number of aromatic nitrogens is 5. The Balaban J connectivity index is 1.77. The molecular formula is C24H27N7O2S. The Labute approximate surface area is 202 Å². The fourth-order valence-electron chi connectivity index (χ4n) is 3.44. The third kappa shape index (κ3) is 4.81. The van der Waals surface area contributed by atoms with E-state index < -0.39 is 5.97 Å². The van der Waals surface area contributed by atoms with E-state index in [1.165, 1.54) is 7.11 Å². The van der Waals surface area contributed by atoms with Gasteiger partial charge < -0.3 is 19.9 Å². The molecule has 10 heteroatoms. The molecule has 3 aromatic heterocycles. The number of fused-ring (bicyclic) bond motifs is 1. The lowest BCUT2D eigenvalue weighted by atomic mass is 10.1. The Bertz CT molecular complexity index is 1340. The van der Waals surface area contributed by atoms with Crippen molar-refractivity contribution in [1.29, 1.82) is 0 Å². The standard InChI is InChI=1S/C24H27N7O2S/c1-24(2,3)34-15-9-7-14(8-10-15)28-22-20(23(32)33-6)29-19(21(25-4)30-22)16-11-26-12-17-18(16)27-13-31(17)5/h7-13H,1-6H3,(H2,25,28,30). The van der Waals surface area contributed by atoms with E-state index in [1.807, 2.05) is 35.9 Å². The van der Waals surface area contributed by atoms with Gasteiger partial charge in [-0.05, 0) is 24.3 Å². The van der Waals surface area contributed by atoms with Crippen molar-refractivity contribution in [2.75, 3.05) is 24.8 Å². The zero-order valence-electron chi connectivity index (χ0n) is 20.0. The number of thioether (sulfide) groups is 1. The van der Waals surface area contributed by atoms with Crippen molar-refractivity contribution in [2.45, 2.75) is 30.4 Å². The monoisotopic (exact) mass is 477 g/mol. The van der Waals surface area contributed by atoms with E-state index in [2.05, 4.69) is 51.3 Å². The van der Waals surface area contributed by atoms with E-state index in [1.54, 1.807) is 37.5 Å². The molecule has 0 fully saturated rings. The van der Waals surface area contributed by atoms with Crippen LogP contribution in [0.25, 0.3) is 22.3 Å². The van der Waals surface area contributed by atoms with E-state index in [9.17, 15) is 4.79 Å². The van der Waals surface area contributed by atoms with Crippen molar-refractivity contribution in [2.24, 2.45) is 7.05 Å². The first-order valence-electron chi connectivity index (χ1n) is 10.7. The summed E-state index contributed by atoms with van der Waals surface area (Å²) in [5, 5.41) is 6.29. The largest absolute Gasteiger partial charge is 0.464 e. The van der Waals surface area contributed by atoms with Gasteiger partial charge in [0.2, 0.25) is 0 Å². The Hall–Kier alpha value is -3.66. The van der Waals surface area contributed by atoms with Gasteiger partial charge in [-0.2, -0.15) is 0 Å². The minimum absolute atomic E-state index is 0.0672. The summed E-state index contributed by atoms with van der Waals surface area (Å²) in [6, 6.07) is 7.96. The fourth-order valence-corrected chi connectivity index (χ4v) is 4.42. The number of hydrogen-bond acceptors (Lipinski definition) is 9. The van der Waals surface area contributed by atoms with Crippen molar-refractivity contribution in [3.63, 3.8) is 0 Å². The first kappa shape index (κ1) is 23.5. The number of methoxy groups -OCH3 is 1. The lowest BCUT2D eigenvalue weighted by Crippen LogP contribution is -2.13. The van der Waals surface area contributed by atoms with Crippen LogP contribution in [-0.4, -0.2) is 49.4 Å². The maximum absolute atomic E-state index is 12.7. The highest BCUT2D eigenvalue weighted by Crippen LogP contribution is 2.34. The van der Waals surface area contributed by atoms with Gasteiger partial charge in [-0.25, -0.2) is 19.7 Å². The second-order valence-electron chi connectivity index (χ2n) is 8.63. The van der Waals surface area contributed by atoms with Crippen LogP contribution in [0.1, 0.15) is 31.3 Å². The van der Waals surface area contributed by atoms with Crippen molar-refractivity contribution < 1.29 is 9.53 Å². The molecule has 0 spiro atoms. The van der Waals surface area contributed by atoms with E-state index >= 15 is 0 Å². The van der Waals surface area contributed by atoms with Crippen molar-refractivity contribution in [3.05, 3.63) is 48.7 Å². The van der Waals surface area contributed by atoms with Crippen LogP contribution in [-0.2, 0) is 11.8 Å². The number of carbonyl (C=O) groups excluding carboxylic acids is 1. The smallest absolute Gasteiger partial charge is 0.360 e. The molecule has 0 radical (unpaired) electrons. The number of aryl methyl sites for hydroxylation is 1. The third-order valence-electron chi connectivity index (χ3n) is 4.95. The molecule has 176 valence electrons. The third-order valence-corrected chi connectivity index (χ3v) is 6.07. The van der Waals surface area contributed by atoms with Crippen LogP contribution in [0.2, 0.25) is 0 Å². The predicted octanol–water partition coefficient (Wildman–Crippen LogP) is 4.89. The second-order valence-corrected chi connectivity index (χ2v) is 10.5. The van der Waals surface area contributed by atoms with Gasteiger partial charge in [-0.15, -0.1) is 11.8 Å². The molecule has 4 rings (SSSR count). The Morgan fingerprint density at radius 3 is 2.47 bits per heavy atom. The first-order chi connectivity index (χ1) is 16.2. The number of hydrogen-bond donors (Lipinski definition) is 2. The molecule has 9 nitrogen and oxygen atoms in total. The molecule has 34 heavy (non-hydrogen) atoms. The molecule has 0 bridgehead atoms. The van der Waals surface area contributed by atoms with Crippen LogP contribution >= 0.6 is 11.8 Å². The highest BCUT2D eigenvalue weighted by molar-refractivity contribution is 8.00. The Morgan fingerprint density at radius 2 is 1.82 bits per heavy atom. The van der Waals surface area contributed by atoms with Gasteiger partial charge in [0.05, 0.1) is 30.7 Å². The molecule has 0 amide bonds. The number of anilines is 3. The number of nitrogens with one attached hydrogen (secondary N) is 2. The maximum atomic E-state index is 12.7. The minimum atomic E-state index is -0.597. The van der Waals surface area contributed by atoms with Gasteiger partial charge in [0.15, 0.2) is 17.3 Å². The van der Waals surface area contributed by atoms with Crippen LogP contribution < -0.4 is 10.6 Å². The number of ether oxygens (including phenoxy) is 1. The van der Waals surface area contributed by atoms with Crippen molar-refractivity contribution >= 4 is 46.1 Å². The molecular weight excluding hydrogens is 450 g/mol. The van der Waals surface area contributed by atoms with E-state index in [4.69, 9.17) is 4.74 Å². The van der Waals surface area contributed by atoms with E-state index in [-0.39, 0.29) is 16.3 Å². The lowest BCUT2D eigenvalue weighted by molar-refractivity contribution is 0.0595. The topological polar surface area (TPSA) is 107 Å². The molecule has 0 aliphatic carbocycles. The molecule has 0 unspecified atom stereocenters. The van der Waals surface area contributed by atoms with Gasteiger partial charge in [-0.3, -0.25) is 4.98 Å². The molecule has 4 aromatic rings. The van der Waals surface area contributed by atoms with Crippen LogP contribution in [0.4, 0.5) is 17.3 Å². The molecule has 0 aliphatic rings. The second kappa shape index (κ2) is 9.30. The maximum Gasteiger partial charge on any atom is 0.360 e. The first-order valence-corrected chi connectivity index (χ1v) is 11.5. The highest BCUT2D eigenvalue weighted by atomic mass is 32.2. The highest BCUT2D eigenvalue weighted by Gasteiger charge is 2.23. The number of esters is 1. The Morgan fingerprint density at radius 1 is 1.09 bits per heavy atom. The number of rotatable bonds is 6. The average molecular weight is 478 g/mol. The van der Waals surface area contributed by atoms with Gasteiger partial charge in [0.25, 0.3) is 0 Å². The van der Waals surface area contributed by atoms with Gasteiger partial charge in [-0.1, -0.05) is 20.8 Å². The summed E-state index contributed by atoms with van der Waals surface area (Å²) in [6.07, 6.45) is 5.11. The zero-order chi connectivity index (χ0) is 24.5. The van der Waals surface area contributed by atoms with E-state index in [0.29, 0.717) is 22.6 Å². The number of carbonyl (C=O) groups is 1. The molecule has 0 aliphatic heterocycles. The van der Waals surface area contributed by atoms with Crippen LogP contribution in [0, 0.1) is 0 Å². The summed E-state index contributed by atoms with van der Waals surface area (Å²) >= 11 is 1.78. The molecule has 3 heterocycles. The lowest BCUT2D eigenvalue weighted by Gasteiger charge is -2.18. The molecule has 0 saturated carbocycles. The van der Waals surface area contributed by atoms with Gasteiger partial charge in [0, 0.05) is 35.6 Å². The number of benzene rings is 1. The predicted molar refractivity (Wildman–Crippen MR) is 136 cm³/mol. The molecule has 0 atom stereocenters. The van der Waals surface area contributed by atoms with Crippen LogP contribution in [0.3, 0.4) is 0 Å². The number of imidazole rings is 1. The van der Waals surface area contributed by atoms with Crippen LogP contribution in [0.5, 0.6) is 0 Å². The minimum Gasteiger partial charge on any atom is -0.464 e.